The van der Waals surface area contributed by atoms with E-state index < -0.39 is 11.9 Å². The van der Waals surface area contributed by atoms with E-state index in [1.165, 1.54) is 11.2 Å². The molecular weight excluding hydrogens is 198 g/mol. The minimum Gasteiger partial charge on any atom is -0.481 e. The van der Waals surface area contributed by atoms with E-state index in [4.69, 9.17) is 9.52 Å². The summed E-state index contributed by atoms with van der Waals surface area (Å²) in [5.74, 6) is -1.25. The van der Waals surface area contributed by atoms with Crippen LogP contribution in [0.4, 0.5) is 0 Å². The van der Waals surface area contributed by atoms with Crippen LogP contribution in [0.5, 0.6) is 0 Å². The molecule has 1 aliphatic rings. The first-order chi connectivity index (χ1) is 7.18. The van der Waals surface area contributed by atoms with Crippen LogP contribution in [0.1, 0.15) is 17.0 Å². The van der Waals surface area contributed by atoms with E-state index in [9.17, 15) is 9.59 Å². The Morgan fingerprint density at radius 3 is 2.87 bits per heavy atom. The number of furan rings is 1. The molecule has 0 saturated carbocycles. The molecule has 0 radical (unpaired) electrons. The van der Waals surface area contributed by atoms with Crippen LogP contribution in [0.15, 0.2) is 22.8 Å². The Labute approximate surface area is 86.3 Å². The summed E-state index contributed by atoms with van der Waals surface area (Å²) in [6, 6.07) is 3.22. The maximum atomic E-state index is 11.7. The minimum atomic E-state index is -0.843. The molecule has 1 amide bonds. The maximum Gasteiger partial charge on any atom is 0.308 e. The number of carboxylic acid groups (broad SMARTS) is 1. The fraction of sp³-hybridized carbons (Fsp3) is 0.400. The number of nitrogens with zero attached hydrogens (tertiary/aromatic N) is 1. The Morgan fingerprint density at radius 2 is 2.33 bits per heavy atom. The van der Waals surface area contributed by atoms with Crippen molar-refractivity contribution in [3.63, 3.8) is 0 Å². The molecule has 1 atom stereocenters. The number of likely N-dealkylation sites (tertiary alicyclic amines) is 1. The summed E-state index contributed by atoms with van der Waals surface area (Å²) in [7, 11) is 0. The number of carbonyl (C=O) groups is 2. The topological polar surface area (TPSA) is 70.8 Å². The molecule has 1 N–H and O–H groups in total. The summed E-state index contributed by atoms with van der Waals surface area (Å²) in [4.78, 5) is 23.9. The fourth-order valence-electron chi connectivity index (χ4n) is 1.70. The molecule has 1 aromatic rings. The van der Waals surface area contributed by atoms with Gasteiger partial charge in [0.25, 0.3) is 5.91 Å². The first-order valence-electron chi connectivity index (χ1n) is 4.74. The van der Waals surface area contributed by atoms with Gasteiger partial charge in [0.2, 0.25) is 0 Å². The predicted octanol–water partition coefficient (Wildman–Crippen LogP) is 0.826. The largest absolute Gasteiger partial charge is 0.481 e. The first kappa shape index (κ1) is 9.76. The van der Waals surface area contributed by atoms with Gasteiger partial charge in [-0.3, -0.25) is 9.59 Å². The molecule has 0 aliphatic carbocycles. The third-order valence-electron chi connectivity index (χ3n) is 2.56. The van der Waals surface area contributed by atoms with Crippen molar-refractivity contribution in [3.8, 4) is 0 Å². The Hall–Kier alpha value is -1.78. The highest BCUT2D eigenvalue weighted by Crippen LogP contribution is 2.18. The van der Waals surface area contributed by atoms with Crippen molar-refractivity contribution >= 4 is 11.9 Å². The van der Waals surface area contributed by atoms with Gasteiger partial charge in [-0.25, -0.2) is 0 Å². The van der Waals surface area contributed by atoms with Gasteiger partial charge in [-0.2, -0.15) is 0 Å². The zero-order chi connectivity index (χ0) is 10.8. The predicted molar refractivity (Wildman–Crippen MR) is 50.4 cm³/mol. The summed E-state index contributed by atoms with van der Waals surface area (Å²) in [6.45, 7) is 0.755. The number of hydrogen-bond donors (Lipinski definition) is 1. The summed E-state index contributed by atoms with van der Waals surface area (Å²) in [5.41, 5.74) is 0. The highest BCUT2D eigenvalue weighted by molar-refractivity contribution is 5.92. The number of rotatable bonds is 2. The van der Waals surface area contributed by atoms with Crippen LogP contribution in [0, 0.1) is 5.92 Å². The van der Waals surface area contributed by atoms with Crippen LogP contribution in [-0.4, -0.2) is 35.0 Å². The smallest absolute Gasteiger partial charge is 0.308 e. The average Bonchev–Trinajstić information content (AvgIpc) is 2.88. The van der Waals surface area contributed by atoms with Crippen LogP contribution in [0.2, 0.25) is 0 Å². The normalized spacial score (nSPS) is 20.5. The van der Waals surface area contributed by atoms with E-state index in [2.05, 4.69) is 0 Å². The molecule has 80 valence electrons. The highest BCUT2D eigenvalue weighted by Gasteiger charge is 2.31. The van der Waals surface area contributed by atoms with E-state index in [1.54, 1.807) is 12.1 Å². The van der Waals surface area contributed by atoms with E-state index in [0.29, 0.717) is 13.0 Å². The molecule has 2 rings (SSSR count). The molecule has 1 aliphatic heterocycles. The van der Waals surface area contributed by atoms with E-state index >= 15 is 0 Å². The van der Waals surface area contributed by atoms with Crippen LogP contribution in [-0.2, 0) is 4.79 Å². The van der Waals surface area contributed by atoms with Gasteiger partial charge in [0.15, 0.2) is 5.76 Å². The number of carboxylic acids is 1. The van der Waals surface area contributed by atoms with Crippen molar-refractivity contribution in [1.82, 2.24) is 4.90 Å². The Kier molecular flexibility index (Phi) is 2.45. The molecule has 5 nitrogen and oxygen atoms in total. The van der Waals surface area contributed by atoms with Crippen molar-refractivity contribution in [1.29, 1.82) is 0 Å². The molecule has 1 unspecified atom stereocenters. The molecule has 1 aromatic heterocycles. The molecule has 0 spiro atoms. The first-order valence-corrected chi connectivity index (χ1v) is 4.74. The van der Waals surface area contributed by atoms with E-state index in [1.807, 2.05) is 0 Å². The molecular formula is C10H11NO4. The molecule has 1 saturated heterocycles. The van der Waals surface area contributed by atoms with Gasteiger partial charge in [0, 0.05) is 13.1 Å². The Bertz CT molecular complexity index is 371. The number of hydrogen-bond acceptors (Lipinski definition) is 3. The maximum absolute atomic E-state index is 11.7. The zero-order valence-corrected chi connectivity index (χ0v) is 8.05. The van der Waals surface area contributed by atoms with Crippen LogP contribution in [0.25, 0.3) is 0 Å². The van der Waals surface area contributed by atoms with Crippen molar-refractivity contribution in [2.75, 3.05) is 13.1 Å². The average molecular weight is 209 g/mol. The zero-order valence-electron chi connectivity index (χ0n) is 8.05. The van der Waals surface area contributed by atoms with Crippen LogP contribution >= 0.6 is 0 Å². The third kappa shape index (κ3) is 1.86. The second-order valence-electron chi connectivity index (χ2n) is 3.55. The lowest BCUT2D eigenvalue weighted by Crippen LogP contribution is -2.29. The van der Waals surface area contributed by atoms with Gasteiger partial charge in [-0.05, 0) is 18.6 Å². The summed E-state index contributed by atoms with van der Waals surface area (Å²) < 4.78 is 4.96. The lowest BCUT2D eigenvalue weighted by Gasteiger charge is -2.13. The second kappa shape index (κ2) is 3.76. The summed E-state index contributed by atoms with van der Waals surface area (Å²) >= 11 is 0. The molecule has 2 heterocycles. The SMILES string of the molecule is O=C(O)C1CCN(C(=O)c2ccco2)C1. The third-order valence-corrected chi connectivity index (χ3v) is 2.56. The molecule has 0 aromatic carbocycles. The van der Waals surface area contributed by atoms with Gasteiger partial charge in [-0.15, -0.1) is 0 Å². The summed E-state index contributed by atoms with van der Waals surface area (Å²) in [6.07, 6.45) is 1.94. The number of carbonyl (C=O) groups excluding carboxylic acids is 1. The molecule has 5 heteroatoms. The van der Waals surface area contributed by atoms with E-state index in [-0.39, 0.29) is 18.2 Å². The molecule has 0 bridgehead atoms. The molecule has 15 heavy (non-hydrogen) atoms. The second-order valence-corrected chi connectivity index (χ2v) is 3.55. The number of amides is 1. The van der Waals surface area contributed by atoms with Gasteiger partial charge < -0.3 is 14.4 Å². The summed E-state index contributed by atoms with van der Waals surface area (Å²) in [5, 5.41) is 8.78. The van der Waals surface area contributed by atoms with Gasteiger partial charge in [-0.1, -0.05) is 0 Å². The Balaban J connectivity index is 2.02. The van der Waals surface area contributed by atoms with E-state index in [0.717, 1.165) is 0 Å². The standard InChI is InChI=1S/C10H11NO4/c12-9(8-2-1-5-15-8)11-4-3-7(6-11)10(13)14/h1-2,5,7H,3-4,6H2,(H,13,14). The van der Waals surface area contributed by atoms with Gasteiger partial charge >= 0.3 is 5.97 Å². The van der Waals surface area contributed by atoms with Gasteiger partial charge in [0.1, 0.15) is 0 Å². The van der Waals surface area contributed by atoms with Crippen LogP contribution in [0.3, 0.4) is 0 Å². The van der Waals surface area contributed by atoms with Crippen LogP contribution < -0.4 is 0 Å². The quantitative estimate of drug-likeness (QED) is 0.783. The van der Waals surface area contributed by atoms with Crippen molar-refractivity contribution < 1.29 is 19.1 Å². The molecule has 1 fully saturated rings. The fourth-order valence-corrected chi connectivity index (χ4v) is 1.70. The highest BCUT2D eigenvalue weighted by atomic mass is 16.4. The van der Waals surface area contributed by atoms with Gasteiger partial charge in [0.05, 0.1) is 12.2 Å². The monoisotopic (exact) mass is 209 g/mol. The Morgan fingerprint density at radius 1 is 1.53 bits per heavy atom. The van der Waals surface area contributed by atoms with Crippen molar-refractivity contribution in [3.05, 3.63) is 24.2 Å². The number of aliphatic carboxylic acids is 1. The lowest BCUT2D eigenvalue weighted by molar-refractivity contribution is -0.141. The van der Waals surface area contributed by atoms with Crippen molar-refractivity contribution in [2.24, 2.45) is 5.92 Å². The van der Waals surface area contributed by atoms with Crippen molar-refractivity contribution in [2.45, 2.75) is 6.42 Å². The lowest BCUT2D eigenvalue weighted by atomic mass is 10.1. The minimum absolute atomic E-state index is 0.233.